The molecule has 0 amide bonds. The van der Waals surface area contributed by atoms with Crippen LogP contribution in [0.3, 0.4) is 0 Å². The van der Waals surface area contributed by atoms with Crippen molar-refractivity contribution in [2.75, 3.05) is 31.0 Å². The number of nitrogens with zero attached hydrogens (tertiary/aromatic N) is 5. The highest BCUT2D eigenvalue weighted by molar-refractivity contribution is 5.68. The van der Waals surface area contributed by atoms with Gasteiger partial charge < -0.3 is 19.4 Å². The molecule has 0 fully saturated rings. The van der Waals surface area contributed by atoms with E-state index in [9.17, 15) is 9.59 Å². The molecule has 0 unspecified atom stereocenters. The van der Waals surface area contributed by atoms with Crippen LogP contribution < -0.4 is 26.3 Å². The summed E-state index contributed by atoms with van der Waals surface area (Å²) in [5, 5.41) is 7.24. The average Bonchev–Trinajstić information content (AvgIpc) is 3.25. The summed E-state index contributed by atoms with van der Waals surface area (Å²) in [4.78, 5) is 30.7. The van der Waals surface area contributed by atoms with Crippen LogP contribution in [0.5, 0.6) is 5.75 Å². The Morgan fingerprint density at radius 3 is 2.79 bits per heavy atom. The number of aromatic nitrogens is 4. The Kier molecular flexibility index (Phi) is 4.60. The highest BCUT2D eigenvalue weighted by Gasteiger charge is 2.22. The molecule has 1 aromatic carbocycles. The van der Waals surface area contributed by atoms with Gasteiger partial charge in [-0.3, -0.25) is 9.36 Å². The summed E-state index contributed by atoms with van der Waals surface area (Å²) in [5.41, 5.74) is 1.32. The van der Waals surface area contributed by atoms with Crippen molar-refractivity contribution in [3.8, 4) is 5.75 Å². The average molecular weight is 384 g/mol. The summed E-state index contributed by atoms with van der Waals surface area (Å²) in [6.45, 7) is 0.938. The Morgan fingerprint density at radius 2 is 2.04 bits per heavy atom. The van der Waals surface area contributed by atoms with Crippen LogP contribution in [-0.4, -0.2) is 40.2 Å². The van der Waals surface area contributed by atoms with Gasteiger partial charge in [0.05, 0.1) is 20.3 Å². The van der Waals surface area contributed by atoms with Crippen LogP contribution >= 0.6 is 0 Å². The minimum Gasteiger partial charge on any atom is -0.497 e. The second-order valence-electron chi connectivity index (χ2n) is 6.49. The van der Waals surface area contributed by atoms with Crippen LogP contribution in [-0.2, 0) is 19.5 Å². The van der Waals surface area contributed by atoms with Gasteiger partial charge in [0.2, 0.25) is 5.89 Å². The lowest BCUT2D eigenvalue weighted by Gasteiger charge is -2.09. The summed E-state index contributed by atoms with van der Waals surface area (Å²) in [7, 11) is 3.42. The van der Waals surface area contributed by atoms with Gasteiger partial charge in [-0.1, -0.05) is 12.1 Å². The number of anilines is 2. The smallest absolute Gasteiger partial charge is 0.437 e. The zero-order chi connectivity index (χ0) is 19.7. The van der Waals surface area contributed by atoms with E-state index >= 15 is 0 Å². The maximum absolute atomic E-state index is 12.6. The Bertz CT molecular complexity index is 1100. The zero-order valence-electron chi connectivity index (χ0n) is 15.6. The van der Waals surface area contributed by atoms with Crippen molar-refractivity contribution in [1.82, 2.24) is 19.3 Å². The summed E-state index contributed by atoms with van der Waals surface area (Å²) >= 11 is 0. The van der Waals surface area contributed by atoms with Crippen molar-refractivity contribution in [2.24, 2.45) is 0 Å². The van der Waals surface area contributed by atoms with Gasteiger partial charge in [-0.15, -0.1) is 5.10 Å². The lowest BCUT2D eigenvalue weighted by molar-refractivity contribution is 0.414. The Morgan fingerprint density at radius 1 is 1.25 bits per heavy atom. The van der Waals surface area contributed by atoms with E-state index in [2.05, 4.69) is 15.4 Å². The maximum atomic E-state index is 12.6. The van der Waals surface area contributed by atoms with Crippen LogP contribution in [0.25, 0.3) is 0 Å². The molecule has 10 nitrogen and oxygen atoms in total. The van der Waals surface area contributed by atoms with Gasteiger partial charge in [0, 0.05) is 7.05 Å². The molecule has 0 atom stereocenters. The minimum atomic E-state index is -0.551. The van der Waals surface area contributed by atoms with Crippen molar-refractivity contribution in [2.45, 2.75) is 19.5 Å². The van der Waals surface area contributed by atoms with E-state index in [1.54, 1.807) is 19.1 Å². The molecule has 1 aliphatic rings. The molecule has 0 radical (unpaired) electrons. The Labute approximate surface area is 160 Å². The molecular weight excluding hydrogens is 364 g/mol. The van der Waals surface area contributed by atoms with Gasteiger partial charge in [0.25, 0.3) is 5.56 Å². The van der Waals surface area contributed by atoms with Crippen molar-refractivity contribution in [3.63, 3.8) is 0 Å². The second-order valence-corrected chi connectivity index (χ2v) is 6.49. The lowest BCUT2D eigenvalue weighted by atomic mass is 10.1. The molecule has 4 rings (SSSR count). The monoisotopic (exact) mass is 384 g/mol. The second kappa shape index (κ2) is 7.22. The Hall–Kier alpha value is -3.56. The van der Waals surface area contributed by atoms with E-state index in [0.717, 1.165) is 11.3 Å². The summed E-state index contributed by atoms with van der Waals surface area (Å²) in [5.74, 6) is 0.941. The van der Waals surface area contributed by atoms with E-state index < -0.39 is 5.76 Å². The SMILES string of the molecule is COc1ccc(CCn2nc(Cn3cnc4c(c3=O)N(C)CN4)oc2=O)cc1. The molecule has 3 heterocycles. The molecule has 0 saturated heterocycles. The van der Waals surface area contributed by atoms with E-state index in [1.807, 2.05) is 24.3 Å². The normalized spacial score (nSPS) is 12.7. The molecule has 3 aromatic rings. The lowest BCUT2D eigenvalue weighted by Crippen LogP contribution is -2.27. The third-order valence-electron chi connectivity index (χ3n) is 4.60. The quantitative estimate of drug-likeness (QED) is 0.655. The van der Waals surface area contributed by atoms with E-state index in [4.69, 9.17) is 9.15 Å². The van der Waals surface area contributed by atoms with Gasteiger partial charge in [-0.05, 0) is 24.1 Å². The van der Waals surface area contributed by atoms with Crippen LogP contribution in [0.2, 0.25) is 0 Å². The fourth-order valence-corrected chi connectivity index (χ4v) is 3.06. The first-order valence-electron chi connectivity index (χ1n) is 8.79. The molecule has 1 N–H and O–H groups in total. The number of fused-ring (bicyclic) bond motifs is 1. The van der Waals surface area contributed by atoms with Gasteiger partial charge in [0.15, 0.2) is 5.82 Å². The number of aryl methyl sites for hydroxylation is 2. The number of hydrogen-bond acceptors (Lipinski definition) is 8. The molecule has 0 spiro atoms. The van der Waals surface area contributed by atoms with Crippen LogP contribution in [0.15, 0.2) is 44.6 Å². The maximum Gasteiger partial charge on any atom is 0.437 e. The number of ether oxygens (including phenoxy) is 1. The molecule has 146 valence electrons. The number of nitrogens with one attached hydrogen (secondary N) is 1. The topological polar surface area (TPSA) is 107 Å². The van der Waals surface area contributed by atoms with E-state index in [1.165, 1.54) is 15.6 Å². The molecule has 0 saturated carbocycles. The third kappa shape index (κ3) is 3.36. The standard InChI is InChI=1S/C18H20N6O4/c1-22-10-19-16-15(22)17(25)23(11-20-16)9-14-21-24(18(26)28-14)8-7-12-3-5-13(27-2)6-4-12/h3-6,11,19H,7-10H2,1-2H3. The fraction of sp³-hybridized carbons (Fsp3) is 0.333. The molecule has 0 bridgehead atoms. The van der Waals surface area contributed by atoms with Crippen LogP contribution in [0, 0.1) is 0 Å². The first-order valence-corrected chi connectivity index (χ1v) is 8.79. The number of methoxy groups -OCH3 is 1. The van der Waals surface area contributed by atoms with E-state index in [-0.39, 0.29) is 18.0 Å². The van der Waals surface area contributed by atoms with E-state index in [0.29, 0.717) is 31.1 Å². The molecule has 28 heavy (non-hydrogen) atoms. The van der Waals surface area contributed by atoms with Gasteiger partial charge in [0.1, 0.15) is 24.3 Å². The van der Waals surface area contributed by atoms with Crippen molar-refractivity contribution in [1.29, 1.82) is 0 Å². The predicted octanol–water partition coefficient (Wildman–Crippen LogP) is 0.512. The van der Waals surface area contributed by atoms with Gasteiger partial charge in [-0.25, -0.2) is 9.78 Å². The predicted molar refractivity (Wildman–Crippen MR) is 102 cm³/mol. The van der Waals surface area contributed by atoms with Gasteiger partial charge >= 0.3 is 5.76 Å². The molecular formula is C18H20N6O4. The molecule has 2 aromatic heterocycles. The first kappa shape index (κ1) is 17.8. The summed E-state index contributed by atoms with van der Waals surface area (Å²) in [6.07, 6.45) is 2.04. The number of rotatable bonds is 6. The third-order valence-corrected chi connectivity index (χ3v) is 4.60. The van der Waals surface area contributed by atoms with Gasteiger partial charge in [-0.2, -0.15) is 4.68 Å². The van der Waals surface area contributed by atoms with Crippen molar-refractivity contribution < 1.29 is 9.15 Å². The molecule has 1 aliphatic heterocycles. The summed E-state index contributed by atoms with van der Waals surface area (Å²) in [6, 6.07) is 7.60. The highest BCUT2D eigenvalue weighted by Crippen LogP contribution is 2.22. The van der Waals surface area contributed by atoms with Crippen LogP contribution in [0.1, 0.15) is 11.5 Å². The molecule has 0 aliphatic carbocycles. The first-order chi connectivity index (χ1) is 13.5. The summed E-state index contributed by atoms with van der Waals surface area (Å²) < 4.78 is 13.0. The zero-order valence-corrected chi connectivity index (χ0v) is 15.6. The largest absolute Gasteiger partial charge is 0.497 e. The van der Waals surface area contributed by atoms with Crippen molar-refractivity contribution in [3.05, 3.63) is 63.0 Å². The Balaban J connectivity index is 1.48. The van der Waals surface area contributed by atoms with Crippen molar-refractivity contribution >= 4 is 11.5 Å². The molecule has 10 heteroatoms. The fourth-order valence-electron chi connectivity index (χ4n) is 3.06. The van der Waals surface area contributed by atoms with Crippen LogP contribution in [0.4, 0.5) is 11.5 Å². The highest BCUT2D eigenvalue weighted by atomic mass is 16.5. The number of hydrogen-bond donors (Lipinski definition) is 1. The number of benzene rings is 1. The minimum absolute atomic E-state index is 0.0394.